The van der Waals surface area contributed by atoms with Crippen molar-refractivity contribution in [2.24, 2.45) is 94.7 Å². The van der Waals surface area contributed by atoms with E-state index >= 15 is 0 Å². The first-order chi connectivity index (χ1) is 53.3. The van der Waals surface area contributed by atoms with Crippen molar-refractivity contribution in [2.45, 2.75) is 103 Å². The van der Waals surface area contributed by atoms with Gasteiger partial charge in [0.1, 0.15) is 5.82 Å². The highest BCUT2D eigenvalue weighted by Gasteiger charge is 2.51. The minimum atomic E-state index is -0.151. The summed E-state index contributed by atoms with van der Waals surface area (Å²) in [6.45, 7) is 32.0. The Bertz CT molecular complexity index is 3790. The predicted molar refractivity (Wildman–Crippen MR) is 452 cm³/mol. The lowest BCUT2D eigenvalue weighted by atomic mass is 9.54. The monoisotopic (exact) mass is 1510 g/mol. The van der Waals surface area contributed by atoms with Crippen LogP contribution in [0.5, 0.6) is 0 Å². The molecule has 0 radical (unpaired) electrons. The maximum Gasteiger partial charge on any atom is 0.159 e. The summed E-state index contributed by atoms with van der Waals surface area (Å²) >= 11 is 12.4. The number of fused-ring (bicyclic) bond motifs is 8. The first kappa shape index (κ1) is 75.7. The Hall–Kier alpha value is -5.96. The number of carbonyl (C=O) groups is 1. The van der Waals surface area contributed by atoms with E-state index in [2.05, 4.69) is 165 Å². The van der Waals surface area contributed by atoms with Crippen molar-refractivity contribution >= 4 is 57.4 Å². The molecule has 11 nitrogen and oxygen atoms in total. The summed E-state index contributed by atoms with van der Waals surface area (Å²) in [4.78, 5) is 37.2. The lowest BCUT2D eigenvalue weighted by molar-refractivity contribution is -0.0665. The van der Waals surface area contributed by atoms with Crippen molar-refractivity contribution < 1.29 is 9.18 Å². The van der Waals surface area contributed by atoms with E-state index in [0.29, 0.717) is 0 Å². The fourth-order valence-corrected chi connectivity index (χ4v) is 24.4. The second-order valence-electron chi connectivity index (χ2n) is 36.6. The Balaban J connectivity index is 0.0000000997. The molecule has 17 aliphatic rings. The summed E-state index contributed by atoms with van der Waals surface area (Å²) in [5.41, 5.74) is 8.45. The maximum atomic E-state index is 13.0. The number of nitrogens with zero attached hydrogens (tertiary/aromatic N) is 10. The van der Waals surface area contributed by atoms with Crippen molar-refractivity contribution in [1.82, 2.24) is 24.5 Å². The van der Waals surface area contributed by atoms with Gasteiger partial charge in [0.05, 0.1) is 10.7 Å². The summed E-state index contributed by atoms with van der Waals surface area (Å²) in [7, 11) is 0. The van der Waals surface area contributed by atoms with Crippen molar-refractivity contribution in [2.75, 3.05) is 182 Å². The Morgan fingerprint density at radius 3 is 1.10 bits per heavy atom. The molecule has 14 heteroatoms. The predicted octanol–water partition coefficient (Wildman–Crippen LogP) is 17.7. The Labute approximate surface area is 663 Å². The van der Waals surface area contributed by atoms with Crippen molar-refractivity contribution in [3.8, 4) is 0 Å². The van der Waals surface area contributed by atoms with Gasteiger partial charge in [-0.2, -0.15) is 0 Å². The number of rotatable bonds is 15. The van der Waals surface area contributed by atoms with Gasteiger partial charge in [-0.05, 0) is 283 Å². The van der Waals surface area contributed by atoms with Crippen molar-refractivity contribution in [3.63, 3.8) is 0 Å². The van der Waals surface area contributed by atoms with Gasteiger partial charge in [0.15, 0.2) is 5.78 Å². The van der Waals surface area contributed by atoms with E-state index in [1.54, 1.807) is 25.5 Å². The Morgan fingerprint density at radius 2 is 0.734 bits per heavy atom. The molecule has 5 aromatic carbocycles. The van der Waals surface area contributed by atoms with E-state index in [4.69, 9.17) is 23.2 Å². The van der Waals surface area contributed by atoms with Crippen LogP contribution in [-0.4, -0.2) is 193 Å². The van der Waals surface area contributed by atoms with Crippen LogP contribution in [-0.2, 0) is 0 Å². The van der Waals surface area contributed by atoms with Gasteiger partial charge >= 0.3 is 0 Å². The van der Waals surface area contributed by atoms with Gasteiger partial charge in [-0.3, -0.25) is 29.3 Å². The second kappa shape index (κ2) is 34.8. The zero-order valence-electron chi connectivity index (χ0n) is 65.7. The molecule has 12 atom stereocenters. The summed E-state index contributed by atoms with van der Waals surface area (Å²) in [6, 6.07) is 41.4. The number of piperazine rings is 5. The molecule has 12 bridgehead atoms. The minimum absolute atomic E-state index is 0.151. The SMILES string of the molecule is CC(=O)c1ccc(N2CCN(C3C4CC5CC(C4)CC3C5)CC2)cc1.Cc1ccc(N2CCN(CC3CC4C=CC3C4)CC2)cc1.Clc1cccc(N2CCN(CC3CC4C=CC3C4)CC2)c1.Clc1ccccc1N1CCN(CC2CC3C=CC2C3)CC1.Fc1ccc(N2CCN(CC3CC4C=CC3C4)CC2)cc1. The van der Waals surface area contributed by atoms with E-state index < -0.39 is 0 Å². The van der Waals surface area contributed by atoms with Crippen LogP contribution in [0, 0.1) is 107 Å². The number of benzene rings is 5. The number of allylic oxidation sites excluding steroid dienone is 8. The number of ketones is 1. The van der Waals surface area contributed by atoms with Crippen molar-refractivity contribution in [3.05, 3.63) is 197 Å². The number of Topliss-reactive ketones (excluding diaryl/α,β-unsaturated/α-hetero) is 1. The highest BCUT2D eigenvalue weighted by Crippen LogP contribution is 2.56. The van der Waals surface area contributed by atoms with Gasteiger partial charge in [0.2, 0.25) is 0 Å². The minimum Gasteiger partial charge on any atom is -0.369 e. The fraction of sp³-hybridized carbons (Fsp3) is 0.589. The molecule has 0 aromatic heterocycles. The molecule has 0 spiro atoms. The normalized spacial score (nSPS) is 33.3. The lowest BCUT2D eigenvalue weighted by Gasteiger charge is -2.58. The number of anilines is 5. The Kier molecular flexibility index (Phi) is 24.2. The number of carbonyl (C=O) groups excluding carboxylic acids is 1. The third-order valence-electron chi connectivity index (χ3n) is 29.6. The van der Waals surface area contributed by atoms with Crippen LogP contribution in [0.15, 0.2) is 170 Å². The van der Waals surface area contributed by atoms with Gasteiger partial charge < -0.3 is 24.5 Å². The van der Waals surface area contributed by atoms with E-state index in [0.717, 1.165) is 187 Å². The van der Waals surface area contributed by atoms with Gasteiger partial charge in [0, 0.05) is 196 Å². The van der Waals surface area contributed by atoms with Crippen LogP contribution in [0.4, 0.5) is 32.8 Å². The molecule has 12 unspecified atom stereocenters. The molecule has 5 aromatic rings. The summed E-state index contributed by atoms with van der Waals surface area (Å²) < 4.78 is 13.0. The Morgan fingerprint density at radius 1 is 0.367 bits per heavy atom. The van der Waals surface area contributed by atoms with Gasteiger partial charge in [-0.25, -0.2) is 4.39 Å². The zero-order valence-corrected chi connectivity index (χ0v) is 67.2. The van der Waals surface area contributed by atoms with E-state index in [9.17, 15) is 9.18 Å². The number of halogens is 3. The number of para-hydroxylation sites is 1. The summed E-state index contributed by atoms with van der Waals surface area (Å²) in [5.74, 6) is 14.8. The standard InChI is InChI=1S/C22H30N2O.C19H26N2.2C18H23ClN2.C18H23FN2/c1-15(25)18-2-4-21(5-3-18)23-6-8-24(9-7-23)22-19-11-16-10-17(13-19)14-20(22)12-16;1-15-2-6-19(7-3-15)21-10-8-20(9-11-21)14-18-13-16-4-5-17(18)12-16;19-17-2-1-3-18(12-17)21-8-6-20(7-9-21)13-16-11-14-4-5-15(16)10-14;19-17-3-1-2-4-18(17)21-9-7-20(8-10-21)13-16-12-14-5-6-15(16)11-14;19-17-3-5-18(6-4-17)21-9-7-20(8-10-21)13-16-12-14-1-2-15(16)11-14/h2-5,16-17,19-20,22H,6-14H2,1H3;2-7,16-18H,8-14H2,1H3;1-5,12,14-16H,6-11,13H2;2*1-6,14-16H,7-13H2. The number of aryl methyl sites for hydroxylation is 1. The van der Waals surface area contributed by atoms with Crippen LogP contribution < -0.4 is 24.5 Å². The molecular formula is C95H125Cl2FN10O. The average molecular weight is 1510 g/mol. The number of hydrogen-bond donors (Lipinski definition) is 0. The molecule has 5 saturated heterocycles. The molecule has 0 amide bonds. The zero-order chi connectivity index (χ0) is 73.9. The molecule has 13 fully saturated rings. The summed E-state index contributed by atoms with van der Waals surface area (Å²) in [5, 5.41) is 1.72. The third-order valence-corrected chi connectivity index (χ3v) is 30.2. The molecular weight excluding hydrogens is 1390 g/mol. The van der Waals surface area contributed by atoms with Crippen LogP contribution >= 0.6 is 23.2 Å². The summed E-state index contributed by atoms with van der Waals surface area (Å²) in [6.07, 6.45) is 38.6. The quantitative estimate of drug-likeness (QED) is 0.0744. The maximum absolute atomic E-state index is 13.0. The van der Waals surface area contributed by atoms with Crippen LogP contribution in [0.1, 0.15) is 106 Å². The molecule has 12 aliphatic carbocycles. The van der Waals surface area contributed by atoms with Gasteiger partial charge in [0.25, 0.3) is 0 Å². The van der Waals surface area contributed by atoms with Crippen LogP contribution in [0.25, 0.3) is 0 Å². The first-order valence-corrected chi connectivity index (χ1v) is 44.1. The highest BCUT2D eigenvalue weighted by molar-refractivity contribution is 6.33. The van der Waals surface area contributed by atoms with Gasteiger partial charge in [-0.1, -0.05) is 108 Å². The molecule has 8 saturated carbocycles. The molecule has 5 heterocycles. The van der Waals surface area contributed by atoms with E-state index in [1.165, 1.54) is 197 Å². The second-order valence-corrected chi connectivity index (χ2v) is 37.4. The highest BCUT2D eigenvalue weighted by atomic mass is 35.5. The fourth-order valence-electron chi connectivity index (χ4n) is 23.9. The lowest BCUT2D eigenvalue weighted by Crippen LogP contribution is -2.60. The molecule has 0 N–H and O–H groups in total. The average Bonchev–Trinajstić information content (AvgIpc) is 1.65. The molecule has 582 valence electrons. The third kappa shape index (κ3) is 18.5. The molecule has 5 aliphatic heterocycles. The van der Waals surface area contributed by atoms with Crippen LogP contribution in [0.3, 0.4) is 0 Å². The topological polar surface area (TPSA) is 49.5 Å². The first-order valence-electron chi connectivity index (χ1n) is 43.3. The van der Waals surface area contributed by atoms with Crippen LogP contribution in [0.2, 0.25) is 10.0 Å². The smallest absolute Gasteiger partial charge is 0.159 e. The van der Waals surface area contributed by atoms with Gasteiger partial charge in [-0.15, -0.1) is 0 Å². The van der Waals surface area contributed by atoms with Crippen molar-refractivity contribution in [1.29, 1.82) is 0 Å². The van der Waals surface area contributed by atoms with E-state index in [-0.39, 0.29) is 11.6 Å². The largest absolute Gasteiger partial charge is 0.369 e. The number of hydrogen-bond acceptors (Lipinski definition) is 11. The van der Waals surface area contributed by atoms with E-state index in [1.807, 2.05) is 48.5 Å². The molecule has 109 heavy (non-hydrogen) atoms. The molecule has 22 rings (SSSR count).